The summed E-state index contributed by atoms with van der Waals surface area (Å²) in [6, 6.07) is 19.9. The summed E-state index contributed by atoms with van der Waals surface area (Å²) in [5.41, 5.74) is 4.09. The van der Waals surface area contributed by atoms with Gasteiger partial charge in [0.1, 0.15) is 0 Å². The Morgan fingerprint density at radius 1 is 1.07 bits per heavy atom. The summed E-state index contributed by atoms with van der Waals surface area (Å²) in [4.78, 5) is 30.5. The molecule has 5 rings (SSSR count). The zero-order valence-corrected chi connectivity index (χ0v) is 17.6. The molecule has 29 heavy (non-hydrogen) atoms. The van der Waals surface area contributed by atoms with Gasteiger partial charge in [0.2, 0.25) is 0 Å². The van der Waals surface area contributed by atoms with Gasteiger partial charge >= 0.3 is 0 Å². The lowest BCUT2D eigenvalue weighted by Gasteiger charge is -2.33. The standard InChI is InChI=1S/C23H20N2O2S2/c1-16-8-10-17(11-9-16)15-24-19-6-3-2-5-18(19)23(22(24)27)25(12-14-29-23)21(26)20-7-4-13-28-20/h2-11,13H,12,14-15H2,1H3. The van der Waals surface area contributed by atoms with Gasteiger partial charge in [-0.1, -0.05) is 54.1 Å². The number of carbonyl (C=O) groups excluding carboxylic acids is 2. The Morgan fingerprint density at radius 2 is 1.86 bits per heavy atom. The van der Waals surface area contributed by atoms with E-state index in [1.54, 1.807) is 16.7 Å². The van der Waals surface area contributed by atoms with Crippen molar-refractivity contribution in [1.82, 2.24) is 4.90 Å². The minimum atomic E-state index is -0.970. The molecule has 0 radical (unpaired) electrons. The third-order valence-electron chi connectivity index (χ3n) is 5.54. The Hall–Kier alpha value is -2.57. The average molecular weight is 421 g/mol. The zero-order valence-electron chi connectivity index (χ0n) is 16.0. The van der Waals surface area contributed by atoms with E-state index in [0.717, 1.165) is 22.6 Å². The van der Waals surface area contributed by atoms with Gasteiger partial charge in [-0.2, -0.15) is 0 Å². The highest BCUT2D eigenvalue weighted by Crippen LogP contribution is 2.54. The number of nitrogens with zero attached hydrogens (tertiary/aromatic N) is 2. The fourth-order valence-electron chi connectivity index (χ4n) is 4.13. The largest absolute Gasteiger partial charge is 0.310 e. The summed E-state index contributed by atoms with van der Waals surface area (Å²) in [6.45, 7) is 3.12. The maximum Gasteiger partial charge on any atom is 0.268 e. The summed E-state index contributed by atoms with van der Waals surface area (Å²) >= 11 is 2.99. The summed E-state index contributed by atoms with van der Waals surface area (Å²) in [5, 5.41) is 1.90. The van der Waals surface area contributed by atoms with Gasteiger partial charge in [-0.05, 0) is 30.0 Å². The molecular formula is C23H20N2O2S2. The second kappa shape index (κ2) is 7.04. The SMILES string of the molecule is Cc1ccc(CN2C(=O)C3(SCCN3C(=O)c3cccs3)c3ccccc32)cc1. The Balaban J connectivity index is 1.57. The van der Waals surface area contributed by atoms with Crippen LogP contribution in [0.3, 0.4) is 0 Å². The Kier molecular flexibility index (Phi) is 4.48. The number of para-hydroxylation sites is 1. The quantitative estimate of drug-likeness (QED) is 0.620. The van der Waals surface area contributed by atoms with E-state index in [0.29, 0.717) is 18.0 Å². The number of carbonyl (C=O) groups is 2. The summed E-state index contributed by atoms with van der Waals surface area (Å²) in [5.74, 6) is 0.660. The van der Waals surface area contributed by atoms with Crippen LogP contribution in [0.2, 0.25) is 0 Å². The highest BCUT2D eigenvalue weighted by Gasteiger charge is 2.59. The molecule has 0 N–H and O–H groups in total. The molecule has 2 amide bonds. The van der Waals surface area contributed by atoms with Crippen molar-refractivity contribution in [2.24, 2.45) is 0 Å². The number of benzene rings is 2. The maximum atomic E-state index is 13.9. The number of anilines is 1. The van der Waals surface area contributed by atoms with Crippen LogP contribution in [0.4, 0.5) is 5.69 Å². The minimum Gasteiger partial charge on any atom is -0.310 e. The van der Waals surface area contributed by atoms with E-state index in [1.807, 2.05) is 46.7 Å². The Labute approximate surface area is 178 Å². The molecule has 0 saturated carbocycles. The normalized spacial score (nSPS) is 20.5. The van der Waals surface area contributed by atoms with Gasteiger partial charge in [-0.15, -0.1) is 23.1 Å². The number of hydrogen-bond donors (Lipinski definition) is 0. The topological polar surface area (TPSA) is 40.6 Å². The molecular weight excluding hydrogens is 400 g/mol. The van der Waals surface area contributed by atoms with Crippen molar-refractivity contribution >= 4 is 40.6 Å². The number of amides is 2. The highest BCUT2D eigenvalue weighted by molar-refractivity contribution is 8.01. The molecule has 146 valence electrons. The van der Waals surface area contributed by atoms with Gasteiger partial charge in [0, 0.05) is 17.9 Å². The smallest absolute Gasteiger partial charge is 0.268 e. The third-order valence-corrected chi connectivity index (χ3v) is 7.82. The number of thiophene rings is 1. The zero-order chi connectivity index (χ0) is 20.0. The van der Waals surface area contributed by atoms with Crippen LogP contribution in [0.25, 0.3) is 0 Å². The molecule has 2 aliphatic heterocycles. The predicted octanol–water partition coefficient (Wildman–Crippen LogP) is 4.65. The molecule has 1 unspecified atom stereocenters. The Morgan fingerprint density at radius 3 is 2.62 bits per heavy atom. The lowest BCUT2D eigenvalue weighted by molar-refractivity contribution is -0.123. The number of rotatable bonds is 3. The second-order valence-electron chi connectivity index (χ2n) is 7.32. The molecule has 2 aromatic carbocycles. The van der Waals surface area contributed by atoms with Crippen LogP contribution in [-0.2, 0) is 16.2 Å². The van der Waals surface area contributed by atoms with Crippen molar-refractivity contribution in [2.75, 3.05) is 17.2 Å². The molecule has 1 saturated heterocycles. The molecule has 6 heteroatoms. The van der Waals surface area contributed by atoms with Crippen LogP contribution in [0.1, 0.15) is 26.4 Å². The fourth-order valence-corrected chi connectivity index (χ4v) is 6.27. The first-order chi connectivity index (χ1) is 14.1. The van der Waals surface area contributed by atoms with E-state index in [9.17, 15) is 9.59 Å². The second-order valence-corrected chi connectivity index (χ2v) is 9.56. The van der Waals surface area contributed by atoms with Crippen LogP contribution in [0, 0.1) is 6.92 Å². The number of fused-ring (bicyclic) bond motifs is 2. The first kappa shape index (κ1) is 18.5. The van der Waals surface area contributed by atoms with Crippen LogP contribution >= 0.6 is 23.1 Å². The Bertz CT molecular complexity index is 1080. The molecule has 1 fully saturated rings. The van der Waals surface area contributed by atoms with Gasteiger partial charge in [0.05, 0.1) is 17.1 Å². The van der Waals surface area contributed by atoms with Crippen LogP contribution < -0.4 is 4.90 Å². The third kappa shape index (κ3) is 2.81. The lowest BCUT2D eigenvalue weighted by Crippen LogP contribution is -2.50. The molecule has 4 nitrogen and oxygen atoms in total. The van der Waals surface area contributed by atoms with Crippen LogP contribution in [0.15, 0.2) is 66.0 Å². The van der Waals surface area contributed by atoms with E-state index < -0.39 is 4.87 Å². The van der Waals surface area contributed by atoms with Crippen LogP contribution in [-0.4, -0.2) is 29.0 Å². The average Bonchev–Trinajstić information content (AvgIpc) is 3.47. The monoisotopic (exact) mass is 420 g/mol. The lowest BCUT2D eigenvalue weighted by atomic mass is 10.1. The summed E-state index contributed by atoms with van der Waals surface area (Å²) < 4.78 is 0. The van der Waals surface area contributed by atoms with Crippen LogP contribution in [0.5, 0.6) is 0 Å². The summed E-state index contributed by atoms with van der Waals surface area (Å²) in [7, 11) is 0. The number of aryl methyl sites for hydroxylation is 1. The van der Waals surface area contributed by atoms with Gasteiger partial charge in [-0.3, -0.25) is 9.59 Å². The van der Waals surface area contributed by atoms with E-state index in [1.165, 1.54) is 16.9 Å². The first-order valence-electron chi connectivity index (χ1n) is 9.58. The highest BCUT2D eigenvalue weighted by atomic mass is 32.2. The molecule has 1 atom stereocenters. The summed E-state index contributed by atoms with van der Waals surface area (Å²) in [6.07, 6.45) is 0. The van der Waals surface area contributed by atoms with Gasteiger partial charge < -0.3 is 9.80 Å². The number of hydrogen-bond acceptors (Lipinski definition) is 4. The van der Waals surface area contributed by atoms with Gasteiger partial charge in [0.15, 0.2) is 4.87 Å². The molecule has 3 heterocycles. The molecule has 1 spiro atoms. The van der Waals surface area contributed by atoms with Gasteiger partial charge in [-0.25, -0.2) is 0 Å². The van der Waals surface area contributed by atoms with E-state index >= 15 is 0 Å². The molecule has 3 aromatic rings. The number of thioether (sulfide) groups is 1. The first-order valence-corrected chi connectivity index (χ1v) is 11.4. The van der Waals surface area contributed by atoms with Crippen molar-refractivity contribution in [3.63, 3.8) is 0 Å². The van der Waals surface area contributed by atoms with Crippen molar-refractivity contribution < 1.29 is 9.59 Å². The molecule has 1 aromatic heterocycles. The van der Waals surface area contributed by atoms with E-state index in [4.69, 9.17) is 0 Å². The molecule has 0 bridgehead atoms. The maximum absolute atomic E-state index is 13.9. The molecule has 0 aliphatic carbocycles. The minimum absolute atomic E-state index is 0.0216. The van der Waals surface area contributed by atoms with Gasteiger partial charge in [0.25, 0.3) is 11.8 Å². The van der Waals surface area contributed by atoms with E-state index in [-0.39, 0.29) is 11.8 Å². The molecule has 2 aliphatic rings. The predicted molar refractivity (Wildman–Crippen MR) is 118 cm³/mol. The van der Waals surface area contributed by atoms with Crippen molar-refractivity contribution in [3.05, 3.63) is 87.6 Å². The fraction of sp³-hybridized carbons (Fsp3) is 0.217. The van der Waals surface area contributed by atoms with E-state index in [2.05, 4.69) is 31.2 Å². The van der Waals surface area contributed by atoms with Crippen molar-refractivity contribution in [1.29, 1.82) is 0 Å². The van der Waals surface area contributed by atoms with Crippen molar-refractivity contribution in [2.45, 2.75) is 18.3 Å². The van der Waals surface area contributed by atoms with Crippen molar-refractivity contribution in [3.8, 4) is 0 Å².